The normalized spacial score (nSPS) is 11.5. The number of aliphatic carboxylic acids is 1. The van der Waals surface area contributed by atoms with Crippen molar-refractivity contribution in [2.45, 2.75) is 12.1 Å². The van der Waals surface area contributed by atoms with Gasteiger partial charge < -0.3 is 10.2 Å². The van der Waals surface area contributed by atoms with Gasteiger partial charge in [-0.25, -0.2) is 9.78 Å². The maximum Gasteiger partial charge on any atom is 0.342 e. The number of rotatable bonds is 4. The number of carbonyl (C=O) groups is 1. The number of phenolic OH excluding ortho intramolecular Hbond substituents is 1. The molecule has 0 atom stereocenters. The van der Waals surface area contributed by atoms with Gasteiger partial charge in [-0.2, -0.15) is 0 Å². The molecule has 0 aliphatic rings. The standard InChI is InChI=1S/C12H11N3O3S/c1-7-13-12(15-14-7)19-10(11(17)18)6-8-4-2-3-5-9(8)16/h2-6,16H,1H3,(H,17,18)(H,13,14,15)/b10-6-. The van der Waals surface area contributed by atoms with Crippen LogP contribution < -0.4 is 0 Å². The molecule has 6 nitrogen and oxygen atoms in total. The Morgan fingerprint density at radius 3 is 2.74 bits per heavy atom. The van der Waals surface area contributed by atoms with E-state index in [1.54, 1.807) is 25.1 Å². The molecule has 7 heteroatoms. The molecule has 0 radical (unpaired) electrons. The molecule has 98 valence electrons. The summed E-state index contributed by atoms with van der Waals surface area (Å²) in [6.45, 7) is 1.73. The van der Waals surface area contributed by atoms with E-state index >= 15 is 0 Å². The van der Waals surface area contributed by atoms with Crippen molar-refractivity contribution in [2.75, 3.05) is 0 Å². The van der Waals surface area contributed by atoms with Gasteiger partial charge in [0.2, 0.25) is 5.16 Å². The molecule has 0 spiro atoms. The van der Waals surface area contributed by atoms with Gasteiger partial charge in [-0.05, 0) is 30.8 Å². The molecule has 0 amide bonds. The molecule has 2 rings (SSSR count). The van der Waals surface area contributed by atoms with Gasteiger partial charge in [0.15, 0.2) is 0 Å². The van der Waals surface area contributed by atoms with Crippen molar-refractivity contribution in [1.82, 2.24) is 15.2 Å². The fraction of sp³-hybridized carbons (Fsp3) is 0.0833. The molecule has 2 aromatic rings. The number of carboxylic acid groups (broad SMARTS) is 1. The van der Waals surface area contributed by atoms with E-state index in [-0.39, 0.29) is 10.7 Å². The number of carboxylic acids is 1. The van der Waals surface area contributed by atoms with Crippen molar-refractivity contribution in [3.63, 3.8) is 0 Å². The third kappa shape index (κ3) is 3.35. The number of para-hydroxylation sites is 1. The molecule has 0 bridgehead atoms. The van der Waals surface area contributed by atoms with E-state index in [1.165, 1.54) is 12.1 Å². The largest absolute Gasteiger partial charge is 0.507 e. The number of aromatic nitrogens is 3. The lowest BCUT2D eigenvalue weighted by molar-refractivity contribution is -0.131. The predicted octanol–water partition coefficient (Wildman–Crippen LogP) is 2.04. The van der Waals surface area contributed by atoms with Gasteiger partial charge >= 0.3 is 5.97 Å². The van der Waals surface area contributed by atoms with Crippen LogP contribution in [-0.2, 0) is 4.79 Å². The quantitative estimate of drug-likeness (QED) is 0.584. The number of nitrogens with one attached hydrogen (secondary N) is 1. The molecular weight excluding hydrogens is 266 g/mol. The lowest BCUT2D eigenvalue weighted by Crippen LogP contribution is -1.97. The van der Waals surface area contributed by atoms with E-state index in [0.717, 1.165) is 11.8 Å². The lowest BCUT2D eigenvalue weighted by atomic mass is 10.2. The first-order chi connectivity index (χ1) is 9.06. The van der Waals surface area contributed by atoms with Crippen LogP contribution >= 0.6 is 11.8 Å². The van der Waals surface area contributed by atoms with E-state index < -0.39 is 5.97 Å². The van der Waals surface area contributed by atoms with Crippen LogP contribution in [0.5, 0.6) is 5.75 Å². The summed E-state index contributed by atoms with van der Waals surface area (Å²) in [5.74, 6) is -0.474. The van der Waals surface area contributed by atoms with Gasteiger partial charge in [-0.3, -0.25) is 5.10 Å². The molecule has 3 N–H and O–H groups in total. The van der Waals surface area contributed by atoms with Gasteiger partial charge in [0, 0.05) is 5.56 Å². The van der Waals surface area contributed by atoms with Crippen LogP contribution in [0.4, 0.5) is 0 Å². The van der Waals surface area contributed by atoms with Crippen molar-refractivity contribution in [3.8, 4) is 5.75 Å². The summed E-state index contributed by atoms with van der Waals surface area (Å²) < 4.78 is 0. The predicted molar refractivity (Wildman–Crippen MR) is 70.7 cm³/mol. The zero-order valence-corrected chi connectivity index (χ0v) is 10.8. The summed E-state index contributed by atoms with van der Waals surface area (Å²) in [6, 6.07) is 6.50. The van der Waals surface area contributed by atoms with Gasteiger partial charge in [0.25, 0.3) is 0 Å². The molecular formula is C12H11N3O3S. The zero-order chi connectivity index (χ0) is 13.8. The maximum absolute atomic E-state index is 11.2. The van der Waals surface area contributed by atoms with Gasteiger partial charge in [-0.1, -0.05) is 18.2 Å². The molecule has 1 aromatic carbocycles. The molecule has 1 aromatic heterocycles. The number of hydrogen-bond donors (Lipinski definition) is 3. The first kappa shape index (κ1) is 13.2. The van der Waals surface area contributed by atoms with Crippen LogP contribution in [0.2, 0.25) is 0 Å². The molecule has 0 unspecified atom stereocenters. The van der Waals surface area contributed by atoms with Crippen LogP contribution in [0, 0.1) is 6.92 Å². The van der Waals surface area contributed by atoms with Crippen LogP contribution in [0.1, 0.15) is 11.4 Å². The Morgan fingerprint density at radius 1 is 1.42 bits per heavy atom. The van der Waals surface area contributed by atoms with Crippen LogP contribution in [-0.4, -0.2) is 31.4 Å². The van der Waals surface area contributed by atoms with Crippen LogP contribution in [0.25, 0.3) is 6.08 Å². The van der Waals surface area contributed by atoms with E-state index in [4.69, 9.17) is 5.11 Å². The Morgan fingerprint density at radius 2 is 2.16 bits per heavy atom. The highest BCUT2D eigenvalue weighted by atomic mass is 32.2. The maximum atomic E-state index is 11.2. The summed E-state index contributed by atoms with van der Waals surface area (Å²) >= 11 is 0.918. The highest BCUT2D eigenvalue weighted by Gasteiger charge is 2.13. The first-order valence-corrected chi connectivity index (χ1v) is 6.18. The number of aromatic hydroxyl groups is 1. The molecule has 0 saturated heterocycles. The topological polar surface area (TPSA) is 99.1 Å². The summed E-state index contributed by atoms with van der Waals surface area (Å²) in [5, 5.41) is 25.6. The summed E-state index contributed by atoms with van der Waals surface area (Å²) in [6.07, 6.45) is 1.38. The van der Waals surface area contributed by atoms with Gasteiger partial charge in [-0.15, -0.1) is 5.10 Å². The number of H-pyrrole nitrogens is 1. The van der Waals surface area contributed by atoms with E-state index in [9.17, 15) is 9.90 Å². The molecule has 19 heavy (non-hydrogen) atoms. The highest BCUT2D eigenvalue weighted by Crippen LogP contribution is 2.28. The van der Waals surface area contributed by atoms with Crippen LogP contribution in [0.3, 0.4) is 0 Å². The number of hydrogen-bond acceptors (Lipinski definition) is 5. The van der Waals surface area contributed by atoms with Crippen molar-refractivity contribution >= 4 is 23.8 Å². The molecule has 1 heterocycles. The second kappa shape index (κ2) is 5.57. The minimum absolute atomic E-state index is 0.0213. The van der Waals surface area contributed by atoms with Crippen molar-refractivity contribution < 1.29 is 15.0 Å². The van der Waals surface area contributed by atoms with Gasteiger partial charge in [0.1, 0.15) is 16.5 Å². The van der Waals surface area contributed by atoms with Crippen molar-refractivity contribution in [3.05, 3.63) is 40.6 Å². The average molecular weight is 277 g/mol. The minimum Gasteiger partial charge on any atom is -0.507 e. The van der Waals surface area contributed by atoms with Gasteiger partial charge in [0.05, 0.1) is 0 Å². The number of thioether (sulfide) groups is 1. The molecule has 0 aliphatic heterocycles. The number of aryl methyl sites for hydroxylation is 1. The minimum atomic E-state index is -1.10. The van der Waals surface area contributed by atoms with Crippen molar-refractivity contribution in [1.29, 1.82) is 0 Å². The second-order valence-corrected chi connectivity index (χ2v) is 4.69. The van der Waals surface area contributed by atoms with E-state index in [0.29, 0.717) is 16.5 Å². The molecule has 0 aliphatic carbocycles. The monoisotopic (exact) mass is 277 g/mol. The number of benzene rings is 1. The molecule has 0 fully saturated rings. The SMILES string of the molecule is Cc1nc(S/C(=C\c2ccccc2O)C(=O)O)n[nH]1. The average Bonchev–Trinajstić information content (AvgIpc) is 2.76. The summed E-state index contributed by atoms with van der Waals surface area (Å²) in [5.41, 5.74) is 0.430. The Balaban J connectivity index is 2.30. The fourth-order valence-electron chi connectivity index (χ4n) is 1.35. The van der Waals surface area contributed by atoms with Crippen LogP contribution in [0.15, 0.2) is 34.3 Å². The fourth-order valence-corrected chi connectivity index (χ4v) is 2.10. The van der Waals surface area contributed by atoms with Crippen molar-refractivity contribution in [2.24, 2.45) is 0 Å². The Hall–Kier alpha value is -2.28. The first-order valence-electron chi connectivity index (χ1n) is 5.36. The third-order valence-electron chi connectivity index (χ3n) is 2.21. The Kier molecular flexibility index (Phi) is 3.86. The number of phenols is 1. The highest BCUT2D eigenvalue weighted by molar-refractivity contribution is 8.04. The van der Waals surface area contributed by atoms with E-state index in [1.807, 2.05) is 0 Å². The summed E-state index contributed by atoms with van der Waals surface area (Å²) in [4.78, 5) is 15.2. The van der Waals surface area contributed by atoms with E-state index in [2.05, 4.69) is 15.2 Å². The zero-order valence-electron chi connectivity index (χ0n) is 9.99. The Bertz CT molecular complexity index is 637. The smallest absolute Gasteiger partial charge is 0.342 e. The lowest BCUT2D eigenvalue weighted by Gasteiger charge is -2.01. The Labute approximate surface area is 113 Å². The number of nitrogens with zero attached hydrogens (tertiary/aromatic N) is 2. The summed E-state index contributed by atoms with van der Waals surface area (Å²) in [7, 11) is 0. The third-order valence-corrected chi connectivity index (χ3v) is 3.09. The second-order valence-electron chi connectivity index (χ2n) is 3.68. The molecule has 0 saturated carbocycles. The number of aromatic amines is 1.